The standard InChI is InChI=1S/C15H23NO2Si/c1-15(2,3)19(6,7)18-13-9-8-12(11-16-4)10-14(13)17-5/h8-10H,11H2,1-3,5-7H3. The van der Waals surface area contributed by atoms with Gasteiger partial charge >= 0.3 is 0 Å². The lowest BCUT2D eigenvalue weighted by Gasteiger charge is -2.36. The number of benzene rings is 1. The van der Waals surface area contributed by atoms with Crippen molar-refractivity contribution in [3.05, 3.63) is 35.2 Å². The highest BCUT2D eigenvalue weighted by atomic mass is 28.4. The Morgan fingerprint density at radius 3 is 2.32 bits per heavy atom. The Morgan fingerprint density at radius 2 is 1.84 bits per heavy atom. The van der Waals surface area contributed by atoms with Gasteiger partial charge in [0.25, 0.3) is 8.32 Å². The third kappa shape index (κ3) is 3.74. The SMILES string of the molecule is [C-]#[N+]Cc1ccc(O[Si](C)(C)C(C)(C)C)c(OC)c1. The molecule has 0 atom stereocenters. The summed E-state index contributed by atoms with van der Waals surface area (Å²) in [6.07, 6.45) is 0. The normalized spacial score (nSPS) is 11.8. The summed E-state index contributed by atoms with van der Waals surface area (Å²) in [6.45, 7) is 18.3. The summed E-state index contributed by atoms with van der Waals surface area (Å²) in [5.41, 5.74) is 0.953. The molecule has 3 nitrogen and oxygen atoms in total. The molecule has 0 saturated carbocycles. The molecule has 1 rings (SSSR count). The third-order valence-corrected chi connectivity index (χ3v) is 8.00. The van der Waals surface area contributed by atoms with E-state index in [4.69, 9.17) is 15.7 Å². The second kappa shape index (κ2) is 5.66. The molecule has 0 unspecified atom stereocenters. The van der Waals surface area contributed by atoms with E-state index in [0.717, 1.165) is 11.3 Å². The van der Waals surface area contributed by atoms with E-state index in [2.05, 4.69) is 38.7 Å². The summed E-state index contributed by atoms with van der Waals surface area (Å²) in [4.78, 5) is 3.39. The zero-order valence-electron chi connectivity index (χ0n) is 12.7. The third-order valence-electron chi connectivity index (χ3n) is 3.66. The number of hydrogen-bond donors (Lipinski definition) is 0. The van der Waals surface area contributed by atoms with Crippen LogP contribution in [0.25, 0.3) is 4.85 Å². The van der Waals surface area contributed by atoms with E-state index < -0.39 is 8.32 Å². The second-order valence-electron chi connectivity index (χ2n) is 6.16. The molecule has 0 fully saturated rings. The maximum Gasteiger partial charge on any atom is 0.250 e. The van der Waals surface area contributed by atoms with Gasteiger partial charge in [-0.05, 0) is 36.3 Å². The van der Waals surface area contributed by atoms with Crippen molar-refractivity contribution in [3.63, 3.8) is 0 Å². The van der Waals surface area contributed by atoms with Gasteiger partial charge in [0, 0.05) is 5.56 Å². The highest BCUT2D eigenvalue weighted by Gasteiger charge is 2.39. The first-order chi connectivity index (χ1) is 8.71. The van der Waals surface area contributed by atoms with Gasteiger partial charge in [-0.1, -0.05) is 20.8 Å². The predicted octanol–water partition coefficient (Wildman–Crippen LogP) is 4.50. The minimum Gasteiger partial charge on any atom is -0.541 e. The summed E-state index contributed by atoms with van der Waals surface area (Å²) in [5.74, 6) is 1.49. The average molecular weight is 277 g/mol. The Balaban J connectivity index is 3.06. The van der Waals surface area contributed by atoms with Crippen molar-refractivity contribution in [1.82, 2.24) is 0 Å². The molecule has 19 heavy (non-hydrogen) atoms. The lowest BCUT2D eigenvalue weighted by molar-refractivity contribution is 0.385. The number of ether oxygens (including phenoxy) is 1. The van der Waals surface area contributed by atoms with Crippen molar-refractivity contribution in [1.29, 1.82) is 0 Å². The molecule has 1 aromatic carbocycles. The molecule has 0 amide bonds. The zero-order valence-corrected chi connectivity index (χ0v) is 13.7. The largest absolute Gasteiger partial charge is 0.541 e. The lowest BCUT2D eigenvalue weighted by atomic mass is 10.2. The molecule has 0 saturated heterocycles. The van der Waals surface area contributed by atoms with E-state index in [1.54, 1.807) is 7.11 Å². The monoisotopic (exact) mass is 277 g/mol. The fourth-order valence-corrected chi connectivity index (χ4v) is 2.44. The maximum atomic E-state index is 6.91. The quantitative estimate of drug-likeness (QED) is 0.597. The van der Waals surface area contributed by atoms with Gasteiger partial charge in [-0.2, -0.15) is 0 Å². The number of hydrogen-bond acceptors (Lipinski definition) is 2. The van der Waals surface area contributed by atoms with Gasteiger partial charge in [-0.15, -0.1) is 0 Å². The summed E-state index contributed by atoms with van der Waals surface area (Å²) >= 11 is 0. The Morgan fingerprint density at radius 1 is 1.21 bits per heavy atom. The van der Waals surface area contributed by atoms with Gasteiger partial charge in [0.05, 0.1) is 7.11 Å². The molecule has 0 aliphatic heterocycles. The summed E-state index contributed by atoms with van der Waals surface area (Å²) in [6, 6.07) is 5.74. The van der Waals surface area contributed by atoms with Gasteiger partial charge in [0.15, 0.2) is 5.75 Å². The van der Waals surface area contributed by atoms with Gasteiger partial charge in [0.2, 0.25) is 6.54 Å². The molecule has 0 bridgehead atoms. The van der Waals surface area contributed by atoms with E-state index in [1.807, 2.05) is 18.2 Å². The van der Waals surface area contributed by atoms with Crippen LogP contribution >= 0.6 is 0 Å². The highest BCUT2D eigenvalue weighted by Crippen LogP contribution is 2.40. The van der Waals surface area contributed by atoms with Crippen LogP contribution in [-0.2, 0) is 6.54 Å². The Labute approximate surface area is 117 Å². The number of methoxy groups -OCH3 is 1. The number of rotatable bonds is 4. The van der Waals surface area contributed by atoms with Crippen molar-refractivity contribution < 1.29 is 9.16 Å². The smallest absolute Gasteiger partial charge is 0.250 e. The first-order valence-electron chi connectivity index (χ1n) is 6.40. The first-order valence-corrected chi connectivity index (χ1v) is 9.31. The van der Waals surface area contributed by atoms with Gasteiger partial charge < -0.3 is 14.0 Å². The molecule has 0 heterocycles. The molecule has 104 valence electrons. The first kappa shape index (κ1) is 15.6. The predicted molar refractivity (Wildman–Crippen MR) is 81.1 cm³/mol. The molecule has 0 radical (unpaired) electrons. The topological polar surface area (TPSA) is 22.8 Å². The molecule has 1 aromatic rings. The van der Waals surface area contributed by atoms with Gasteiger partial charge in [0.1, 0.15) is 5.75 Å². The van der Waals surface area contributed by atoms with Crippen molar-refractivity contribution >= 4 is 8.32 Å². The van der Waals surface area contributed by atoms with Crippen LogP contribution in [0.15, 0.2) is 18.2 Å². The molecule has 0 aromatic heterocycles. The minimum absolute atomic E-state index is 0.146. The van der Waals surface area contributed by atoms with Crippen molar-refractivity contribution in [2.24, 2.45) is 0 Å². The molecule has 0 spiro atoms. The van der Waals surface area contributed by atoms with E-state index in [0.29, 0.717) is 12.3 Å². The highest BCUT2D eigenvalue weighted by molar-refractivity contribution is 6.74. The van der Waals surface area contributed by atoms with Crippen LogP contribution in [0, 0.1) is 6.57 Å². The molecule has 4 heteroatoms. The molecular formula is C15H23NO2Si. The fraction of sp³-hybridized carbons (Fsp3) is 0.533. The minimum atomic E-state index is -1.87. The van der Waals surface area contributed by atoms with E-state index in [1.165, 1.54) is 0 Å². The number of nitrogens with zero attached hydrogens (tertiary/aromatic N) is 1. The van der Waals surface area contributed by atoms with Crippen LogP contribution in [0.1, 0.15) is 26.3 Å². The average Bonchev–Trinajstić information content (AvgIpc) is 2.29. The van der Waals surface area contributed by atoms with Crippen LogP contribution in [0.3, 0.4) is 0 Å². The van der Waals surface area contributed by atoms with E-state index >= 15 is 0 Å². The second-order valence-corrected chi connectivity index (χ2v) is 10.9. The lowest BCUT2D eigenvalue weighted by Crippen LogP contribution is -2.43. The zero-order chi connectivity index (χ0) is 14.7. The van der Waals surface area contributed by atoms with Crippen LogP contribution in [-0.4, -0.2) is 15.4 Å². The Hall–Kier alpha value is -1.47. The summed E-state index contributed by atoms with van der Waals surface area (Å²) in [7, 11) is -0.235. The summed E-state index contributed by atoms with van der Waals surface area (Å²) in [5, 5.41) is 0.146. The van der Waals surface area contributed by atoms with Crippen molar-refractivity contribution in [3.8, 4) is 11.5 Å². The molecule has 0 N–H and O–H groups in total. The van der Waals surface area contributed by atoms with Crippen LogP contribution in [0.5, 0.6) is 11.5 Å². The van der Waals surface area contributed by atoms with Crippen molar-refractivity contribution in [2.75, 3.05) is 7.11 Å². The van der Waals surface area contributed by atoms with Crippen LogP contribution < -0.4 is 9.16 Å². The molecule has 0 aliphatic rings. The van der Waals surface area contributed by atoms with Crippen LogP contribution in [0.2, 0.25) is 18.1 Å². The van der Waals surface area contributed by atoms with Gasteiger partial charge in [-0.25, -0.2) is 6.57 Å². The Bertz CT molecular complexity index is 484. The molecular weight excluding hydrogens is 254 g/mol. The molecule has 0 aliphatic carbocycles. The van der Waals surface area contributed by atoms with E-state index in [-0.39, 0.29) is 5.04 Å². The fourth-order valence-electron chi connectivity index (χ4n) is 1.41. The summed E-state index contributed by atoms with van der Waals surface area (Å²) < 4.78 is 11.6. The van der Waals surface area contributed by atoms with Gasteiger partial charge in [-0.3, -0.25) is 0 Å². The Kier molecular flexibility index (Phi) is 4.64. The van der Waals surface area contributed by atoms with E-state index in [9.17, 15) is 0 Å². The maximum absolute atomic E-state index is 6.91. The van der Waals surface area contributed by atoms with Crippen molar-refractivity contribution in [2.45, 2.75) is 45.4 Å². The van der Waals surface area contributed by atoms with Crippen LogP contribution in [0.4, 0.5) is 0 Å².